The summed E-state index contributed by atoms with van der Waals surface area (Å²) in [6, 6.07) is 6.11. The number of aliphatic carboxylic acids is 1. The molecule has 0 radical (unpaired) electrons. The predicted molar refractivity (Wildman–Crippen MR) is 101 cm³/mol. The predicted octanol–water partition coefficient (Wildman–Crippen LogP) is 3.84. The van der Waals surface area contributed by atoms with Crippen molar-refractivity contribution in [1.82, 2.24) is 4.72 Å². The summed E-state index contributed by atoms with van der Waals surface area (Å²) in [6.07, 6.45) is 8.82. The molecule has 1 aromatic rings. The third-order valence-corrected chi connectivity index (χ3v) is 7.24. The highest BCUT2D eigenvalue weighted by molar-refractivity contribution is 7.89. The van der Waals surface area contributed by atoms with Crippen LogP contribution >= 0.6 is 11.6 Å². The average molecular weight is 398 g/mol. The maximum Gasteiger partial charge on any atom is 0.303 e. The van der Waals surface area contributed by atoms with Crippen LogP contribution in [0.15, 0.2) is 41.3 Å². The summed E-state index contributed by atoms with van der Waals surface area (Å²) in [5.74, 6) is 0.275. The Hall–Kier alpha value is -1.37. The summed E-state index contributed by atoms with van der Waals surface area (Å²) >= 11 is 5.85. The van der Waals surface area contributed by atoms with E-state index in [9.17, 15) is 13.2 Å². The van der Waals surface area contributed by atoms with Crippen molar-refractivity contribution in [2.75, 3.05) is 0 Å². The highest BCUT2D eigenvalue weighted by atomic mass is 35.5. The number of fused-ring (bicyclic) bond motifs is 2. The van der Waals surface area contributed by atoms with Crippen molar-refractivity contribution >= 4 is 27.6 Å². The Balaban J connectivity index is 1.67. The number of carboxylic acids is 1. The van der Waals surface area contributed by atoms with Gasteiger partial charge in [-0.3, -0.25) is 4.79 Å². The van der Waals surface area contributed by atoms with Crippen molar-refractivity contribution in [3.63, 3.8) is 0 Å². The number of hydrogen-bond donors (Lipinski definition) is 2. The Morgan fingerprint density at radius 3 is 2.62 bits per heavy atom. The van der Waals surface area contributed by atoms with Gasteiger partial charge in [0.25, 0.3) is 0 Å². The van der Waals surface area contributed by atoms with Crippen LogP contribution < -0.4 is 4.72 Å². The van der Waals surface area contributed by atoms with Gasteiger partial charge in [0, 0.05) is 17.5 Å². The smallest absolute Gasteiger partial charge is 0.303 e. The van der Waals surface area contributed by atoms with Crippen molar-refractivity contribution < 1.29 is 18.3 Å². The van der Waals surface area contributed by atoms with Crippen LogP contribution in [-0.4, -0.2) is 25.5 Å². The molecule has 4 atom stereocenters. The Bertz CT molecular complexity index is 775. The van der Waals surface area contributed by atoms with E-state index >= 15 is 0 Å². The number of hydrogen-bond acceptors (Lipinski definition) is 3. The lowest BCUT2D eigenvalue weighted by molar-refractivity contribution is -0.137. The summed E-state index contributed by atoms with van der Waals surface area (Å²) in [6.45, 7) is 0. The zero-order valence-electron chi connectivity index (χ0n) is 14.5. The molecule has 142 valence electrons. The largest absolute Gasteiger partial charge is 0.481 e. The first kappa shape index (κ1) is 19.4. The van der Waals surface area contributed by atoms with Crippen molar-refractivity contribution in [3.8, 4) is 0 Å². The lowest BCUT2D eigenvalue weighted by Gasteiger charge is -2.29. The minimum absolute atomic E-state index is 0.0925. The molecule has 7 heteroatoms. The van der Waals surface area contributed by atoms with Gasteiger partial charge >= 0.3 is 5.97 Å². The second kappa shape index (κ2) is 8.11. The van der Waals surface area contributed by atoms with E-state index < -0.39 is 16.0 Å². The molecule has 2 saturated carbocycles. The molecule has 3 rings (SSSR count). The Labute approximate surface area is 159 Å². The van der Waals surface area contributed by atoms with E-state index in [-0.39, 0.29) is 23.3 Å². The third-order valence-electron chi connectivity index (χ3n) is 5.52. The molecule has 0 amide bonds. The summed E-state index contributed by atoms with van der Waals surface area (Å²) in [7, 11) is -3.58. The van der Waals surface area contributed by atoms with E-state index in [1.165, 1.54) is 12.1 Å². The minimum atomic E-state index is -3.58. The van der Waals surface area contributed by atoms with Gasteiger partial charge < -0.3 is 5.11 Å². The van der Waals surface area contributed by atoms with E-state index in [4.69, 9.17) is 16.7 Å². The first-order valence-corrected chi connectivity index (χ1v) is 10.9. The first-order valence-electron chi connectivity index (χ1n) is 9.03. The molecule has 4 unspecified atom stereocenters. The zero-order chi connectivity index (χ0) is 18.7. The number of sulfonamides is 1. The SMILES string of the molecule is O=C(O)CCC/C=C\C1C2CCC(C2)C1NS(=O)(=O)c1ccc(Cl)cc1. The molecule has 2 aliphatic carbocycles. The second-order valence-corrected chi connectivity index (χ2v) is 9.38. The molecule has 2 aliphatic rings. The Morgan fingerprint density at radius 2 is 1.92 bits per heavy atom. The van der Waals surface area contributed by atoms with Crippen LogP contribution in [0.3, 0.4) is 0 Å². The number of allylic oxidation sites excluding steroid dienone is 1. The minimum Gasteiger partial charge on any atom is -0.481 e. The lowest BCUT2D eigenvalue weighted by atomic mass is 9.84. The molecular formula is C19H24ClNO4S. The molecule has 0 spiro atoms. The number of nitrogens with one attached hydrogen (secondary N) is 1. The van der Waals surface area contributed by atoms with Crippen molar-refractivity contribution in [1.29, 1.82) is 0 Å². The van der Waals surface area contributed by atoms with Gasteiger partial charge in [-0.25, -0.2) is 13.1 Å². The molecule has 2 N–H and O–H groups in total. The molecule has 0 saturated heterocycles. The molecule has 0 heterocycles. The van der Waals surface area contributed by atoms with E-state index in [2.05, 4.69) is 10.8 Å². The van der Waals surface area contributed by atoms with Crippen LogP contribution in [0, 0.1) is 17.8 Å². The fourth-order valence-electron chi connectivity index (χ4n) is 4.27. The Morgan fingerprint density at radius 1 is 1.23 bits per heavy atom. The summed E-state index contributed by atoms with van der Waals surface area (Å²) in [4.78, 5) is 10.8. The van der Waals surface area contributed by atoms with Crippen LogP contribution in [0.4, 0.5) is 0 Å². The van der Waals surface area contributed by atoms with Gasteiger partial charge in [-0.1, -0.05) is 23.8 Å². The van der Waals surface area contributed by atoms with E-state index in [0.717, 1.165) is 19.3 Å². The maximum absolute atomic E-state index is 12.7. The molecular weight excluding hydrogens is 374 g/mol. The van der Waals surface area contributed by atoms with Crippen LogP contribution in [0.1, 0.15) is 38.5 Å². The van der Waals surface area contributed by atoms with Gasteiger partial charge in [-0.15, -0.1) is 0 Å². The molecule has 1 aromatic carbocycles. The molecule has 2 bridgehead atoms. The average Bonchev–Trinajstić information content (AvgIpc) is 3.17. The monoisotopic (exact) mass is 397 g/mol. The van der Waals surface area contributed by atoms with Crippen molar-refractivity contribution in [2.45, 2.75) is 49.5 Å². The van der Waals surface area contributed by atoms with Gasteiger partial charge in [0.1, 0.15) is 0 Å². The number of benzene rings is 1. The van der Waals surface area contributed by atoms with Crippen molar-refractivity contribution in [3.05, 3.63) is 41.4 Å². The lowest BCUT2D eigenvalue weighted by Crippen LogP contribution is -2.43. The van der Waals surface area contributed by atoms with Crippen LogP contribution in [0.5, 0.6) is 0 Å². The van der Waals surface area contributed by atoms with E-state index in [0.29, 0.717) is 29.7 Å². The van der Waals surface area contributed by atoms with Gasteiger partial charge in [0.2, 0.25) is 10.0 Å². The van der Waals surface area contributed by atoms with Gasteiger partial charge in [0.15, 0.2) is 0 Å². The second-order valence-electron chi connectivity index (χ2n) is 7.23. The summed E-state index contributed by atoms with van der Waals surface area (Å²) in [5.41, 5.74) is 0. The number of unbranched alkanes of at least 4 members (excludes halogenated alkanes) is 1. The molecule has 2 fully saturated rings. The van der Waals surface area contributed by atoms with Crippen LogP contribution in [-0.2, 0) is 14.8 Å². The fourth-order valence-corrected chi connectivity index (χ4v) is 5.74. The van der Waals surface area contributed by atoms with E-state index in [1.807, 2.05) is 6.08 Å². The third kappa shape index (κ3) is 4.48. The van der Waals surface area contributed by atoms with Gasteiger partial charge in [-0.05, 0) is 74.1 Å². The van der Waals surface area contributed by atoms with Crippen molar-refractivity contribution in [2.24, 2.45) is 17.8 Å². The number of carbonyl (C=O) groups is 1. The quantitative estimate of drug-likeness (QED) is 0.515. The zero-order valence-corrected chi connectivity index (χ0v) is 16.0. The fraction of sp³-hybridized carbons (Fsp3) is 0.526. The molecule has 5 nitrogen and oxygen atoms in total. The summed E-state index contributed by atoms with van der Waals surface area (Å²) in [5, 5.41) is 9.20. The number of carboxylic acid groups (broad SMARTS) is 1. The molecule has 0 aromatic heterocycles. The maximum atomic E-state index is 12.7. The number of halogens is 1. The van der Waals surface area contributed by atoms with E-state index in [1.54, 1.807) is 12.1 Å². The Kier molecular flexibility index (Phi) is 6.05. The standard InChI is InChI=1S/C19H24ClNO4S/c20-15-8-10-16(11-9-15)26(24,25)21-19-14-7-6-13(12-14)17(19)4-2-1-3-5-18(22)23/h2,4,8-11,13-14,17,19,21H,1,3,5-7,12H2,(H,22,23)/b4-2-. The van der Waals surface area contributed by atoms with Crippen LogP contribution in [0.2, 0.25) is 5.02 Å². The van der Waals surface area contributed by atoms with Gasteiger partial charge in [0.05, 0.1) is 4.90 Å². The topological polar surface area (TPSA) is 83.5 Å². The molecule has 0 aliphatic heterocycles. The number of rotatable bonds is 8. The normalized spacial score (nSPS) is 28.0. The highest BCUT2D eigenvalue weighted by Crippen LogP contribution is 2.49. The first-order chi connectivity index (χ1) is 12.4. The van der Waals surface area contributed by atoms with Gasteiger partial charge in [-0.2, -0.15) is 0 Å². The molecule has 26 heavy (non-hydrogen) atoms. The highest BCUT2D eigenvalue weighted by Gasteiger charge is 2.47. The van der Waals surface area contributed by atoms with Crippen LogP contribution in [0.25, 0.3) is 0 Å². The summed E-state index contributed by atoms with van der Waals surface area (Å²) < 4.78 is 28.4.